The van der Waals surface area contributed by atoms with Crippen LogP contribution < -0.4 is 5.32 Å². The Balaban J connectivity index is 1.60. The first kappa shape index (κ1) is 24.3. The highest BCUT2D eigenvalue weighted by Crippen LogP contribution is 2.44. The van der Waals surface area contributed by atoms with Crippen molar-refractivity contribution in [3.05, 3.63) is 59.7 Å². The van der Waals surface area contributed by atoms with E-state index in [9.17, 15) is 14.4 Å². The third-order valence-electron chi connectivity index (χ3n) is 5.80. The van der Waals surface area contributed by atoms with Crippen LogP contribution in [0.3, 0.4) is 0 Å². The Morgan fingerprint density at radius 2 is 1.58 bits per heavy atom. The maximum Gasteiger partial charge on any atom is 0.407 e. The first-order valence-corrected chi connectivity index (χ1v) is 11.2. The molecular formula is C26H32N2O5. The molecule has 0 heterocycles. The zero-order chi connectivity index (χ0) is 24.2. The predicted molar refractivity (Wildman–Crippen MR) is 126 cm³/mol. The van der Waals surface area contributed by atoms with Crippen LogP contribution in [0.4, 0.5) is 4.79 Å². The molecule has 0 aromatic heterocycles. The van der Waals surface area contributed by atoms with E-state index in [4.69, 9.17) is 9.84 Å². The van der Waals surface area contributed by atoms with Crippen molar-refractivity contribution in [1.29, 1.82) is 0 Å². The van der Waals surface area contributed by atoms with Gasteiger partial charge in [0.15, 0.2) is 0 Å². The molecular weight excluding hydrogens is 420 g/mol. The average molecular weight is 453 g/mol. The van der Waals surface area contributed by atoms with Crippen molar-refractivity contribution >= 4 is 18.0 Å². The monoisotopic (exact) mass is 452 g/mol. The molecule has 7 heteroatoms. The number of rotatable bonds is 9. The number of ether oxygens (including phenoxy) is 1. The van der Waals surface area contributed by atoms with Gasteiger partial charge in [0.1, 0.15) is 13.2 Å². The number of hydrogen-bond acceptors (Lipinski definition) is 4. The quantitative estimate of drug-likeness (QED) is 0.597. The highest BCUT2D eigenvalue weighted by Gasteiger charge is 2.34. The molecule has 2 N–H and O–H groups in total. The standard InChI is InChI=1S/C26H32N2O5/c1-17(2)13-28(14-23(29)30)24(31)26(3,4)16-27-25(32)33-15-22-20-11-7-5-9-18(20)19-10-6-8-12-21(19)22/h5-12,17,22H,13-16H2,1-4H3,(H,27,32)(H,29,30). The molecule has 2 aromatic rings. The second-order valence-electron chi connectivity index (χ2n) is 9.54. The summed E-state index contributed by atoms with van der Waals surface area (Å²) >= 11 is 0. The summed E-state index contributed by atoms with van der Waals surface area (Å²) in [6.45, 7) is 7.41. The van der Waals surface area contributed by atoms with Crippen molar-refractivity contribution < 1.29 is 24.2 Å². The van der Waals surface area contributed by atoms with E-state index in [1.54, 1.807) is 13.8 Å². The number of amides is 2. The maximum atomic E-state index is 13.0. The lowest BCUT2D eigenvalue weighted by atomic mass is 9.91. The van der Waals surface area contributed by atoms with Gasteiger partial charge in [-0.1, -0.05) is 62.4 Å². The van der Waals surface area contributed by atoms with Crippen LogP contribution in [0.25, 0.3) is 11.1 Å². The van der Waals surface area contributed by atoms with Gasteiger partial charge in [0.2, 0.25) is 5.91 Å². The SMILES string of the molecule is CC(C)CN(CC(=O)O)C(=O)C(C)(C)CNC(=O)OCC1c2ccccc2-c2ccccc21. The molecule has 1 aliphatic rings. The van der Waals surface area contributed by atoms with Crippen molar-refractivity contribution in [3.8, 4) is 11.1 Å². The van der Waals surface area contributed by atoms with Crippen molar-refractivity contribution in [2.24, 2.45) is 11.3 Å². The highest BCUT2D eigenvalue weighted by atomic mass is 16.5. The molecule has 0 fully saturated rings. The minimum absolute atomic E-state index is 0.0384. The van der Waals surface area contributed by atoms with E-state index in [1.807, 2.05) is 38.1 Å². The predicted octanol–water partition coefficient (Wildman–Crippen LogP) is 4.12. The fourth-order valence-corrected chi connectivity index (χ4v) is 4.27. The summed E-state index contributed by atoms with van der Waals surface area (Å²) in [5, 5.41) is 11.8. The van der Waals surface area contributed by atoms with Gasteiger partial charge in [0.25, 0.3) is 0 Å². The molecule has 7 nitrogen and oxygen atoms in total. The van der Waals surface area contributed by atoms with Gasteiger partial charge in [0, 0.05) is 19.0 Å². The summed E-state index contributed by atoms with van der Waals surface area (Å²) < 4.78 is 5.54. The molecule has 0 aliphatic heterocycles. The highest BCUT2D eigenvalue weighted by molar-refractivity contribution is 5.86. The summed E-state index contributed by atoms with van der Waals surface area (Å²) in [7, 11) is 0. The van der Waals surface area contributed by atoms with E-state index >= 15 is 0 Å². The van der Waals surface area contributed by atoms with Crippen molar-refractivity contribution in [3.63, 3.8) is 0 Å². The van der Waals surface area contributed by atoms with Crippen LogP contribution in [0.5, 0.6) is 0 Å². The van der Waals surface area contributed by atoms with Crippen LogP contribution in [0.15, 0.2) is 48.5 Å². The van der Waals surface area contributed by atoms with E-state index < -0.39 is 17.5 Å². The number of carbonyl (C=O) groups excluding carboxylic acids is 2. The lowest BCUT2D eigenvalue weighted by Gasteiger charge is -2.32. The van der Waals surface area contributed by atoms with E-state index in [0.717, 1.165) is 22.3 Å². The van der Waals surface area contributed by atoms with Crippen LogP contribution in [0.1, 0.15) is 44.7 Å². The number of carboxylic acids is 1. The maximum absolute atomic E-state index is 13.0. The molecule has 0 radical (unpaired) electrons. The van der Waals surface area contributed by atoms with Crippen molar-refractivity contribution in [1.82, 2.24) is 10.2 Å². The number of alkyl carbamates (subject to hydrolysis) is 1. The third kappa shape index (κ3) is 5.72. The number of carboxylic acid groups (broad SMARTS) is 1. The minimum atomic E-state index is -1.07. The van der Waals surface area contributed by atoms with E-state index in [2.05, 4.69) is 29.6 Å². The second-order valence-corrected chi connectivity index (χ2v) is 9.54. The Morgan fingerprint density at radius 1 is 1.03 bits per heavy atom. The second kappa shape index (κ2) is 10.1. The molecule has 0 spiro atoms. The van der Waals surface area contributed by atoms with Crippen molar-refractivity contribution in [2.75, 3.05) is 26.2 Å². The summed E-state index contributed by atoms with van der Waals surface area (Å²) in [4.78, 5) is 37.9. The molecule has 176 valence electrons. The Labute approximate surface area is 194 Å². The van der Waals surface area contributed by atoms with Crippen LogP contribution in [-0.2, 0) is 14.3 Å². The lowest BCUT2D eigenvalue weighted by Crippen LogP contribution is -2.49. The molecule has 2 amide bonds. The van der Waals surface area contributed by atoms with Gasteiger partial charge < -0.3 is 20.1 Å². The summed E-state index contributed by atoms with van der Waals surface area (Å²) in [6.07, 6.45) is -0.605. The van der Waals surface area contributed by atoms with Gasteiger partial charge in [-0.15, -0.1) is 0 Å². The molecule has 0 saturated carbocycles. The fourth-order valence-electron chi connectivity index (χ4n) is 4.27. The molecule has 3 rings (SSSR count). The molecule has 2 aromatic carbocycles. The number of nitrogens with zero attached hydrogens (tertiary/aromatic N) is 1. The number of fused-ring (bicyclic) bond motifs is 3. The summed E-state index contributed by atoms with van der Waals surface area (Å²) in [6, 6.07) is 16.2. The third-order valence-corrected chi connectivity index (χ3v) is 5.80. The molecule has 0 saturated heterocycles. The fraction of sp³-hybridized carbons (Fsp3) is 0.423. The number of nitrogens with one attached hydrogen (secondary N) is 1. The summed E-state index contributed by atoms with van der Waals surface area (Å²) in [5.41, 5.74) is 3.57. The van der Waals surface area contributed by atoms with Crippen LogP contribution in [-0.4, -0.2) is 54.2 Å². The summed E-state index contributed by atoms with van der Waals surface area (Å²) in [5.74, 6) is -1.31. The number of benzene rings is 2. The Kier molecular flexibility index (Phi) is 7.41. The minimum Gasteiger partial charge on any atom is -0.480 e. The lowest BCUT2D eigenvalue weighted by molar-refractivity contribution is -0.149. The molecule has 0 atom stereocenters. The number of carbonyl (C=O) groups is 3. The van der Waals surface area contributed by atoms with Gasteiger partial charge in [-0.25, -0.2) is 4.79 Å². The van der Waals surface area contributed by atoms with E-state index in [0.29, 0.717) is 6.54 Å². The van der Waals surface area contributed by atoms with Crippen LogP contribution in [0.2, 0.25) is 0 Å². The van der Waals surface area contributed by atoms with Gasteiger partial charge in [-0.2, -0.15) is 0 Å². The Bertz CT molecular complexity index is 985. The van der Waals surface area contributed by atoms with E-state index in [1.165, 1.54) is 4.90 Å². The Morgan fingerprint density at radius 3 is 2.09 bits per heavy atom. The number of aliphatic carboxylic acids is 1. The Hall–Kier alpha value is -3.35. The zero-order valence-electron chi connectivity index (χ0n) is 19.6. The van der Waals surface area contributed by atoms with Crippen molar-refractivity contribution in [2.45, 2.75) is 33.6 Å². The van der Waals surface area contributed by atoms with Crippen LogP contribution in [0, 0.1) is 11.3 Å². The first-order chi connectivity index (χ1) is 15.6. The molecule has 0 bridgehead atoms. The largest absolute Gasteiger partial charge is 0.480 e. The van der Waals surface area contributed by atoms with Gasteiger partial charge >= 0.3 is 12.1 Å². The molecule has 1 aliphatic carbocycles. The zero-order valence-corrected chi connectivity index (χ0v) is 19.6. The topological polar surface area (TPSA) is 95.9 Å². The van der Waals surface area contributed by atoms with Gasteiger partial charge in [-0.05, 0) is 42.0 Å². The molecule has 33 heavy (non-hydrogen) atoms. The smallest absolute Gasteiger partial charge is 0.407 e. The van der Waals surface area contributed by atoms with Gasteiger partial charge in [0.05, 0.1) is 5.41 Å². The first-order valence-electron chi connectivity index (χ1n) is 11.2. The average Bonchev–Trinajstić information content (AvgIpc) is 3.08. The van der Waals surface area contributed by atoms with Crippen LogP contribution >= 0.6 is 0 Å². The van der Waals surface area contributed by atoms with Gasteiger partial charge in [-0.3, -0.25) is 9.59 Å². The number of hydrogen-bond donors (Lipinski definition) is 2. The van der Waals surface area contributed by atoms with E-state index in [-0.39, 0.29) is 37.4 Å². The normalized spacial score (nSPS) is 12.8. The molecule has 0 unspecified atom stereocenters.